The number of fused-ring (bicyclic) bond motifs is 3. The fourth-order valence-electron chi connectivity index (χ4n) is 4.34. The van der Waals surface area contributed by atoms with Gasteiger partial charge in [-0.2, -0.15) is 0 Å². The number of hydrogen-bond acceptors (Lipinski definition) is 2. The van der Waals surface area contributed by atoms with Crippen LogP contribution in [0.4, 0.5) is 0 Å². The van der Waals surface area contributed by atoms with Gasteiger partial charge in [0, 0.05) is 17.4 Å². The highest BCUT2D eigenvalue weighted by molar-refractivity contribution is 5.52. The van der Waals surface area contributed by atoms with Crippen molar-refractivity contribution in [2.75, 3.05) is 0 Å². The normalized spacial score (nSPS) is 23.4. The molecule has 140 valence electrons. The topological polar surface area (TPSA) is 29.5 Å². The summed E-state index contributed by atoms with van der Waals surface area (Å²) >= 11 is 0. The van der Waals surface area contributed by atoms with Crippen molar-refractivity contribution in [3.63, 3.8) is 0 Å². The van der Waals surface area contributed by atoms with Crippen LogP contribution in [-0.4, -0.2) is 10.7 Å². The number of allylic oxidation sites excluding steroid dienone is 2. The molecule has 1 aromatic carbocycles. The van der Waals surface area contributed by atoms with E-state index < -0.39 is 0 Å². The van der Waals surface area contributed by atoms with Gasteiger partial charge in [-0.15, -0.1) is 0 Å². The molecule has 2 unspecified atom stereocenters. The first-order valence-corrected chi connectivity index (χ1v) is 10.1. The lowest BCUT2D eigenvalue weighted by Crippen LogP contribution is -2.45. The van der Waals surface area contributed by atoms with Gasteiger partial charge in [-0.3, -0.25) is 0 Å². The van der Waals surface area contributed by atoms with E-state index in [-0.39, 0.29) is 5.60 Å². The molecular formula is C23H36O2. The van der Waals surface area contributed by atoms with Gasteiger partial charge in [-0.05, 0) is 64.2 Å². The molecule has 25 heavy (non-hydrogen) atoms. The third-order valence-corrected chi connectivity index (χ3v) is 5.63. The molecule has 1 N–H and O–H groups in total. The summed E-state index contributed by atoms with van der Waals surface area (Å²) in [5, 5.41) is 10.7. The molecular weight excluding hydrogens is 308 g/mol. The minimum Gasteiger partial charge on any atom is -0.508 e. The first kappa shape index (κ1) is 19.9. The second-order valence-corrected chi connectivity index (χ2v) is 7.89. The van der Waals surface area contributed by atoms with E-state index in [1.54, 1.807) is 0 Å². The lowest BCUT2D eigenvalue weighted by atomic mass is 9.67. The molecule has 1 aliphatic carbocycles. The van der Waals surface area contributed by atoms with E-state index in [4.69, 9.17) is 4.74 Å². The lowest BCUT2D eigenvalue weighted by Gasteiger charge is -2.47. The van der Waals surface area contributed by atoms with Crippen molar-refractivity contribution >= 4 is 0 Å². The number of hydrogen-bond donors (Lipinski definition) is 1. The van der Waals surface area contributed by atoms with Gasteiger partial charge < -0.3 is 9.84 Å². The average molecular weight is 345 g/mol. The predicted molar refractivity (Wildman–Crippen MR) is 107 cm³/mol. The fourth-order valence-corrected chi connectivity index (χ4v) is 4.34. The maximum atomic E-state index is 10.7. The summed E-state index contributed by atoms with van der Waals surface area (Å²) in [5.41, 5.74) is 3.50. The van der Waals surface area contributed by atoms with Crippen molar-refractivity contribution in [2.45, 2.75) is 91.6 Å². The number of rotatable bonds is 4. The van der Waals surface area contributed by atoms with Gasteiger partial charge in [0.15, 0.2) is 0 Å². The van der Waals surface area contributed by atoms with Gasteiger partial charge in [0.2, 0.25) is 0 Å². The molecule has 2 nitrogen and oxygen atoms in total. The summed E-state index contributed by atoms with van der Waals surface area (Å²) in [7, 11) is 0. The van der Waals surface area contributed by atoms with Crippen molar-refractivity contribution in [3.05, 3.63) is 34.9 Å². The minimum atomic E-state index is -0.177. The van der Waals surface area contributed by atoms with Crippen molar-refractivity contribution < 1.29 is 9.84 Å². The van der Waals surface area contributed by atoms with Crippen LogP contribution in [0.25, 0.3) is 0 Å². The molecule has 0 spiro atoms. The molecule has 0 aromatic heterocycles. The molecule has 0 saturated carbocycles. The van der Waals surface area contributed by atoms with Crippen LogP contribution in [0.5, 0.6) is 11.5 Å². The number of ether oxygens (including phenoxy) is 1. The highest BCUT2D eigenvalue weighted by Gasteiger charge is 2.45. The third kappa shape index (κ3) is 4.22. The number of aryl methyl sites for hydroxylation is 1. The van der Waals surface area contributed by atoms with Gasteiger partial charge in [0.25, 0.3) is 0 Å². The fraction of sp³-hybridized carbons (Fsp3) is 0.652. The number of phenols is 1. The Kier molecular flexibility index (Phi) is 6.59. The molecule has 0 bridgehead atoms. The first-order chi connectivity index (χ1) is 11.9. The molecule has 2 heteroatoms. The van der Waals surface area contributed by atoms with Crippen molar-refractivity contribution in [1.29, 1.82) is 0 Å². The monoisotopic (exact) mass is 344 g/mol. The van der Waals surface area contributed by atoms with Crippen LogP contribution in [0.1, 0.15) is 90.7 Å². The van der Waals surface area contributed by atoms with Crippen LogP contribution >= 0.6 is 0 Å². The average Bonchev–Trinajstić information content (AvgIpc) is 2.55. The van der Waals surface area contributed by atoms with Crippen LogP contribution in [0.3, 0.4) is 0 Å². The number of aromatic hydroxyl groups is 1. The van der Waals surface area contributed by atoms with Crippen molar-refractivity contribution in [2.24, 2.45) is 5.92 Å². The van der Waals surface area contributed by atoms with E-state index >= 15 is 0 Å². The Hall–Kier alpha value is -1.44. The van der Waals surface area contributed by atoms with Crippen LogP contribution < -0.4 is 4.74 Å². The summed E-state index contributed by atoms with van der Waals surface area (Å²) in [6.07, 6.45) is 9.06. The standard InChI is InChI=1S/C21H30O2.C2H6/c1-5-6-7-8-15-12-18(22)20-16-11-14(2)9-10-17(16)21(3,4)23-19(20)13-15;1-2/h9,12-13,16-17,22H,5-8,10-11H2,1-4H3;1-2H3. The second kappa shape index (κ2) is 8.29. The summed E-state index contributed by atoms with van der Waals surface area (Å²) in [6, 6.07) is 4.15. The number of phenolic OH excluding ortho intramolecular Hbond substituents is 1. The number of benzene rings is 1. The highest BCUT2D eigenvalue weighted by atomic mass is 16.5. The molecule has 0 amide bonds. The number of unbranched alkanes of at least 4 members (excludes halogenated alkanes) is 2. The SMILES string of the molecule is CC.CCCCCc1cc(O)c2c(c1)OC(C)(C)C1CC=C(C)CC21. The van der Waals surface area contributed by atoms with Crippen LogP contribution in [0.15, 0.2) is 23.8 Å². The Morgan fingerprint density at radius 1 is 1.20 bits per heavy atom. The van der Waals surface area contributed by atoms with Crippen LogP contribution in [0.2, 0.25) is 0 Å². The summed E-state index contributed by atoms with van der Waals surface area (Å²) < 4.78 is 6.36. The Balaban J connectivity index is 0.00000109. The lowest BCUT2D eigenvalue weighted by molar-refractivity contribution is 0.00753. The third-order valence-electron chi connectivity index (χ3n) is 5.63. The van der Waals surface area contributed by atoms with E-state index in [0.717, 1.165) is 30.6 Å². The van der Waals surface area contributed by atoms with Gasteiger partial charge in [-0.25, -0.2) is 0 Å². The first-order valence-electron chi connectivity index (χ1n) is 10.1. The van der Waals surface area contributed by atoms with Gasteiger partial charge >= 0.3 is 0 Å². The van der Waals surface area contributed by atoms with Crippen molar-refractivity contribution in [1.82, 2.24) is 0 Å². The Morgan fingerprint density at radius 3 is 2.60 bits per heavy atom. The van der Waals surface area contributed by atoms with E-state index in [0.29, 0.717) is 17.6 Å². The predicted octanol–water partition coefficient (Wildman–Crippen LogP) is 6.76. The highest BCUT2D eigenvalue weighted by Crippen LogP contribution is 2.54. The summed E-state index contributed by atoms with van der Waals surface area (Å²) in [4.78, 5) is 0. The molecule has 1 aromatic rings. The van der Waals surface area contributed by atoms with E-state index in [9.17, 15) is 5.11 Å². The molecule has 0 radical (unpaired) electrons. The molecule has 3 rings (SSSR count). The quantitative estimate of drug-likeness (QED) is 0.483. The van der Waals surface area contributed by atoms with E-state index in [1.165, 1.54) is 30.4 Å². The zero-order valence-electron chi connectivity index (χ0n) is 17.0. The maximum absolute atomic E-state index is 10.7. The van der Waals surface area contributed by atoms with Gasteiger partial charge in [-0.1, -0.05) is 45.3 Å². The maximum Gasteiger partial charge on any atom is 0.127 e. The summed E-state index contributed by atoms with van der Waals surface area (Å²) in [6.45, 7) is 12.8. The zero-order valence-corrected chi connectivity index (χ0v) is 17.0. The van der Waals surface area contributed by atoms with Crippen molar-refractivity contribution in [3.8, 4) is 11.5 Å². The minimum absolute atomic E-state index is 0.177. The smallest absolute Gasteiger partial charge is 0.127 e. The largest absolute Gasteiger partial charge is 0.508 e. The molecule has 2 atom stereocenters. The molecule has 0 saturated heterocycles. The molecule has 1 aliphatic heterocycles. The molecule has 1 heterocycles. The molecule has 0 fully saturated rings. The van der Waals surface area contributed by atoms with Gasteiger partial charge in [0.1, 0.15) is 17.1 Å². The Labute approximate surface area is 154 Å². The Morgan fingerprint density at radius 2 is 1.92 bits per heavy atom. The van der Waals surface area contributed by atoms with Crippen LogP contribution in [0, 0.1) is 5.92 Å². The van der Waals surface area contributed by atoms with Gasteiger partial charge in [0.05, 0.1) is 0 Å². The molecule has 2 aliphatic rings. The van der Waals surface area contributed by atoms with E-state index in [2.05, 4.69) is 39.8 Å². The summed E-state index contributed by atoms with van der Waals surface area (Å²) in [5.74, 6) is 2.17. The second-order valence-electron chi connectivity index (χ2n) is 7.89. The van der Waals surface area contributed by atoms with Crippen LogP contribution in [-0.2, 0) is 6.42 Å². The van der Waals surface area contributed by atoms with E-state index in [1.807, 2.05) is 19.9 Å². The Bertz CT molecular complexity index is 613. The zero-order chi connectivity index (χ0) is 18.6.